The predicted octanol–water partition coefficient (Wildman–Crippen LogP) is 5.60. The molecule has 3 aromatic rings. The third kappa shape index (κ3) is 8.25. The van der Waals surface area contributed by atoms with Crippen LogP contribution in [0.1, 0.15) is 0 Å². The molecule has 0 aliphatic heterocycles. The van der Waals surface area contributed by atoms with Crippen LogP contribution in [0.25, 0.3) is 0 Å². The first-order valence-corrected chi connectivity index (χ1v) is 12.5. The van der Waals surface area contributed by atoms with E-state index in [1.807, 2.05) is 0 Å². The fourth-order valence-corrected chi connectivity index (χ4v) is 3.92. The third-order valence-electron chi connectivity index (χ3n) is 4.52. The minimum Gasteiger partial charge on any atom is -0.381 e. The Kier molecular flexibility index (Phi) is 9.23. The van der Waals surface area contributed by atoms with Gasteiger partial charge in [-0.2, -0.15) is 4.57 Å². The summed E-state index contributed by atoms with van der Waals surface area (Å²) in [6.07, 6.45) is 0. The van der Waals surface area contributed by atoms with Crippen molar-refractivity contribution < 1.29 is 32.5 Å². The first kappa shape index (κ1) is 27.5. The van der Waals surface area contributed by atoms with E-state index in [-0.39, 0.29) is 0 Å². The average molecular weight is 533 g/mol. The molecule has 0 heterocycles. The molecule has 10 nitrogen and oxygen atoms in total. The molecule has 0 atom stereocenters. The number of anilines is 3. The second-order valence-electron chi connectivity index (χ2n) is 7.45. The van der Waals surface area contributed by atoms with Crippen molar-refractivity contribution >= 4 is 42.6 Å². The third-order valence-corrected chi connectivity index (χ3v) is 5.85. The standard InChI is InChI=1S/C27H24N3O7P/c1-19(25(31)28-22-13-7-4-8-14-22)35-38(34,36-20(2)26(32)29-23-15-9-5-10-16-23)37-21(3)27(33)30-24-17-11-6-12-18-24/h4-18H,1-3H2,(H,28,31)(H,29,32)(H,30,33). The number of amides is 3. The van der Waals surface area contributed by atoms with E-state index in [0.29, 0.717) is 17.1 Å². The van der Waals surface area contributed by atoms with Gasteiger partial charge in [-0.25, -0.2) is 0 Å². The molecule has 11 heteroatoms. The number of benzene rings is 3. The smallest absolute Gasteiger partial charge is 0.381 e. The van der Waals surface area contributed by atoms with Crippen LogP contribution in [-0.4, -0.2) is 17.7 Å². The van der Waals surface area contributed by atoms with Crippen molar-refractivity contribution in [1.29, 1.82) is 0 Å². The van der Waals surface area contributed by atoms with Crippen molar-refractivity contribution in [2.75, 3.05) is 16.0 Å². The number of carbonyl (C=O) groups is 3. The van der Waals surface area contributed by atoms with E-state index in [4.69, 9.17) is 13.6 Å². The fraction of sp³-hybridized carbons (Fsp3) is 0. The van der Waals surface area contributed by atoms with E-state index in [9.17, 15) is 18.9 Å². The normalized spacial score (nSPS) is 10.3. The van der Waals surface area contributed by atoms with Gasteiger partial charge in [-0.3, -0.25) is 14.4 Å². The van der Waals surface area contributed by atoms with E-state index in [1.165, 1.54) is 0 Å². The van der Waals surface area contributed by atoms with Crippen LogP contribution >= 0.6 is 7.82 Å². The molecule has 0 saturated heterocycles. The summed E-state index contributed by atoms with van der Waals surface area (Å²) < 4.78 is 28.9. The van der Waals surface area contributed by atoms with Crippen molar-refractivity contribution in [2.24, 2.45) is 0 Å². The van der Waals surface area contributed by atoms with Crippen LogP contribution in [0, 0.1) is 0 Å². The first-order chi connectivity index (χ1) is 18.1. The molecular formula is C27H24N3O7P. The van der Waals surface area contributed by atoms with Crippen LogP contribution in [0.5, 0.6) is 0 Å². The summed E-state index contributed by atoms with van der Waals surface area (Å²) in [6, 6.07) is 24.9. The zero-order valence-corrected chi connectivity index (χ0v) is 21.0. The molecule has 0 fully saturated rings. The molecule has 3 amide bonds. The van der Waals surface area contributed by atoms with E-state index < -0.39 is 42.8 Å². The topological polar surface area (TPSA) is 132 Å². The Bertz CT molecular complexity index is 1220. The van der Waals surface area contributed by atoms with Gasteiger partial charge in [0.2, 0.25) is 0 Å². The van der Waals surface area contributed by atoms with Crippen molar-refractivity contribution in [2.45, 2.75) is 0 Å². The zero-order chi connectivity index (χ0) is 27.5. The Balaban J connectivity index is 1.75. The average Bonchev–Trinajstić information content (AvgIpc) is 2.90. The Morgan fingerprint density at radius 3 is 0.974 bits per heavy atom. The highest BCUT2D eigenvalue weighted by Gasteiger charge is 2.38. The van der Waals surface area contributed by atoms with E-state index >= 15 is 0 Å². The molecule has 0 radical (unpaired) electrons. The second-order valence-corrected chi connectivity index (χ2v) is 8.89. The quantitative estimate of drug-likeness (QED) is 0.157. The van der Waals surface area contributed by atoms with Gasteiger partial charge >= 0.3 is 7.82 Å². The van der Waals surface area contributed by atoms with Gasteiger partial charge in [0.15, 0.2) is 17.3 Å². The minimum atomic E-state index is -4.94. The molecule has 3 rings (SSSR count). The highest BCUT2D eigenvalue weighted by Crippen LogP contribution is 2.54. The fourth-order valence-electron chi connectivity index (χ4n) is 2.75. The lowest BCUT2D eigenvalue weighted by Crippen LogP contribution is -2.20. The summed E-state index contributed by atoms with van der Waals surface area (Å²) in [5.41, 5.74) is 1.20. The van der Waals surface area contributed by atoms with Gasteiger partial charge < -0.3 is 29.5 Å². The molecule has 194 valence electrons. The van der Waals surface area contributed by atoms with Crippen LogP contribution in [0.2, 0.25) is 0 Å². The monoisotopic (exact) mass is 533 g/mol. The van der Waals surface area contributed by atoms with Crippen molar-refractivity contribution in [1.82, 2.24) is 0 Å². The summed E-state index contributed by atoms with van der Waals surface area (Å²) in [5, 5.41) is 7.45. The summed E-state index contributed by atoms with van der Waals surface area (Å²) in [6.45, 7) is 10.3. The molecule has 0 aliphatic carbocycles. The van der Waals surface area contributed by atoms with Gasteiger partial charge in [0.1, 0.15) is 0 Å². The lowest BCUT2D eigenvalue weighted by atomic mass is 10.3. The Morgan fingerprint density at radius 1 is 0.500 bits per heavy atom. The molecule has 0 bridgehead atoms. The van der Waals surface area contributed by atoms with Crippen LogP contribution in [0.4, 0.5) is 17.1 Å². The number of carbonyl (C=O) groups excluding carboxylic acids is 3. The maximum absolute atomic E-state index is 13.5. The number of hydrogen-bond donors (Lipinski definition) is 3. The molecule has 0 unspecified atom stereocenters. The summed E-state index contributed by atoms with van der Waals surface area (Å²) >= 11 is 0. The number of hydrogen-bond acceptors (Lipinski definition) is 7. The first-order valence-electron chi connectivity index (χ1n) is 11.0. The van der Waals surface area contributed by atoms with Gasteiger partial charge in [-0.05, 0) is 36.4 Å². The Labute approximate surface area is 219 Å². The lowest BCUT2D eigenvalue weighted by molar-refractivity contribution is -0.115. The molecule has 3 aromatic carbocycles. The maximum Gasteiger partial charge on any atom is 0.647 e. The molecule has 0 spiro atoms. The predicted molar refractivity (Wildman–Crippen MR) is 143 cm³/mol. The Morgan fingerprint density at radius 2 is 0.737 bits per heavy atom. The lowest BCUT2D eigenvalue weighted by Gasteiger charge is -2.21. The van der Waals surface area contributed by atoms with Crippen molar-refractivity contribution in [3.63, 3.8) is 0 Å². The molecule has 38 heavy (non-hydrogen) atoms. The van der Waals surface area contributed by atoms with Gasteiger partial charge in [-0.1, -0.05) is 74.3 Å². The molecule has 3 N–H and O–H groups in total. The summed E-state index contributed by atoms with van der Waals surface area (Å²) in [4.78, 5) is 37.6. The second kappa shape index (κ2) is 12.8. The van der Waals surface area contributed by atoms with Crippen LogP contribution in [0.15, 0.2) is 128 Å². The largest absolute Gasteiger partial charge is 0.647 e. The van der Waals surface area contributed by atoms with E-state index in [2.05, 4.69) is 35.7 Å². The zero-order valence-electron chi connectivity index (χ0n) is 20.1. The molecule has 0 saturated carbocycles. The van der Waals surface area contributed by atoms with Crippen LogP contribution in [0.3, 0.4) is 0 Å². The highest BCUT2D eigenvalue weighted by atomic mass is 31.2. The number of nitrogens with one attached hydrogen (secondary N) is 3. The van der Waals surface area contributed by atoms with Gasteiger partial charge in [0.25, 0.3) is 17.7 Å². The number of rotatable bonds is 12. The van der Waals surface area contributed by atoms with Crippen molar-refractivity contribution in [3.05, 3.63) is 128 Å². The summed E-state index contributed by atoms with van der Waals surface area (Å²) in [7, 11) is -4.94. The number of phosphoric ester groups is 1. The molecule has 0 aliphatic rings. The minimum absolute atomic E-state index is 0.400. The van der Waals surface area contributed by atoms with Crippen molar-refractivity contribution in [3.8, 4) is 0 Å². The van der Waals surface area contributed by atoms with Crippen LogP contribution in [-0.2, 0) is 32.5 Å². The number of phosphoric acid groups is 1. The Hall–Kier alpha value is -5.08. The molecule has 0 aromatic heterocycles. The number of para-hydroxylation sites is 3. The van der Waals surface area contributed by atoms with E-state index in [0.717, 1.165) is 0 Å². The van der Waals surface area contributed by atoms with E-state index in [1.54, 1.807) is 91.0 Å². The van der Waals surface area contributed by atoms with Gasteiger partial charge in [-0.15, -0.1) is 0 Å². The molecular weight excluding hydrogens is 509 g/mol. The highest BCUT2D eigenvalue weighted by molar-refractivity contribution is 7.49. The summed E-state index contributed by atoms with van der Waals surface area (Å²) in [5.74, 6) is -4.73. The van der Waals surface area contributed by atoms with Crippen LogP contribution < -0.4 is 16.0 Å². The SMILES string of the molecule is C=C(OP(=O)(OC(=C)C(=O)Nc1ccccc1)OC(=C)C(=O)Nc1ccccc1)C(=O)Nc1ccccc1. The van der Waals surface area contributed by atoms with Gasteiger partial charge in [0, 0.05) is 17.1 Å². The van der Waals surface area contributed by atoms with Gasteiger partial charge in [0.05, 0.1) is 0 Å². The maximum atomic E-state index is 13.5.